The molecule has 0 fully saturated rings. The Morgan fingerprint density at radius 1 is 1.09 bits per heavy atom. The van der Waals surface area contributed by atoms with E-state index in [1.807, 2.05) is 19.9 Å². The second kappa shape index (κ2) is 11.9. The molecule has 0 aliphatic rings. The molecule has 5 nitrogen and oxygen atoms in total. The Balaban J connectivity index is 1.87. The van der Waals surface area contributed by atoms with E-state index >= 15 is 0 Å². The van der Waals surface area contributed by atoms with Gasteiger partial charge in [-0.25, -0.2) is 0 Å². The van der Waals surface area contributed by atoms with Gasteiger partial charge < -0.3 is 14.8 Å². The number of anilines is 1. The first kappa shape index (κ1) is 26.3. The minimum absolute atomic E-state index is 0.0531. The van der Waals surface area contributed by atoms with E-state index in [1.54, 1.807) is 30.3 Å². The van der Waals surface area contributed by atoms with E-state index in [0.717, 1.165) is 11.1 Å². The van der Waals surface area contributed by atoms with E-state index in [-0.39, 0.29) is 5.57 Å². The van der Waals surface area contributed by atoms with Crippen molar-refractivity contribution in [3.8, 4) is 17.6 Å². The van der Waals surface area contributed by atoms with Crippen LogP contribution in [-0.2, 0) is 11.4 Å². The molecule has 35 heavy (non-hydrogen) atoms. The first-order valence-electron chi connectivity index (χ1n) is 11.1. The maximum absolute atomic E-state index is 12.8. The van der Waals surface area contributed by atoms with E-state index in [4.69, 9.17) is 21.1 Å². The number of aryl methyl sites for hydroxylation is 3. The number of nitrogens with zero attached hydrogens (tertiary/aromatic N) is 1. The van der Waals surface area contributed by atoms with Crippen molar-refractivity contribution in [1.82, 2.24) is 0 Å². The van der Waals surface area contributed by atoms with Crippen LogP contribution in [0.3, 0.4) is 0 Å². The third-order valence-electron chi connectivity index (χ3n) is 5.12. The van der Waals surface area contributed by atoms with Gasteiger partial charge in [0.2, 0.25) is 0 Å². The molecule has 0 bridgehead atoms. The third kappa shape index (κ3) is 7.11. The second-order valence-corrected chi connectivity index (χ2v) is 9.42. The van der Waals surface area contributed by atoms with Crippen LogP contribution in [0.2, 0.25) is 5.02 Å². The van der Waals surface area contributed by atoms with Gasteiger partial charge in [-0.05, 0) is 90.7 Å². The second-order valence-electron chi connectivity index (χ2n) is 8.13. The van der Waals surface area contributed by atoms with Gasteiger partial charge in [0, 0.05) is 10.7 Å². The van der Waals surface area contributed by atoms with E-state index < -0.39 is 5.91 Å². The molecule has 0 unspecified atom stereocenters. The summed E-state index contributed by atoms with van der Waals surface area (Å²) in [5.41, 5.74) is 5.35. The molecule has 1 N–H and O–H groups in total. The van der Waals surface area contributed by atoms with Crippen LogP contribution in [0.4, 0.5) is 5.69 Å². The SMILES string of the molecule is CCOc1cc(/C=C(\C#N)C(=O)Nc2cc(Cl)ccc2C)cc(Br)c1OCc1cc(C)cc(C)c1. The third-order valence-corrected chi connectivity index (χ3v) is 5.94. The summed E-state index contributed by atoms with van der Waals surface area (Å²) < 4.78 is 12.6. The van der Waals surface area contributed by atoms with Crippen LogP contribution in [-0.4, -0.2) is 12.5 Å². The quantitative estimate of drug-likeness (QED) is 0.231. The average molecular weight is 554 g/mol. The van der Waals surface area contributed by atoms with Crippen molar-refractivity contribution < 1.29 is 14.3 Å². The Labute approximate surface area is 219 Å². The molecule has 180 valence electrons. The van der Waals surface area contributed by atoms with Crippen molar-refractivity contribution >= 4 is 45.2 Å². The number of benzene rings is 3. The van der Waals surface area contributed by atoms with Crippen LogP contribution in [0.25, 0.3) is 6.08 Å². The number of rotatable bonds is 8. The van der Waals surface area contributed by atoms with Gasteiger partial charge in [-0.15, -0.1) is 0 Å². The summed E-state index contributed by atoms with van der Waals surface area (Å²) in [7, 11) is 0. The Morgan fingerprint density at radius 3 is 2.46 bits per heavy atom. The minimum atomic E-state index is -0.526. The van der Waals surface area contributed by atoms with Crippen LogP contribution >= 0.6 is 27.5 Å². The molecule has 1 amide bonds. The Kier molecular flexibility index (Phi) is 8.97. The average Bonchev–Trinajstić information content (AvgIpc) is 2.79. The van der Waals surface area contributed by atoms with Gasteiger partial charge in [0.1, 0.15) is 18.2 Å². The highest BCUT2D eigenvalue weighted by molar-refractivity contribution is 9.10. The fourth-order valence-corrected chi connectivity index (χ4v) is 4.36. The Hall–Kier alpha value is -3.27. The molecule has 0 heterocycles. The normalized spacial score (nSPS) is 11.1. The number of nitriles is 1. The number of hydrogen-bond acceptors (Lipinski definition) is 4. The van der Waals surface area contributed by atoms with Crippen molar-refractivity contribution in [3.63, 3.8) is 0 Å². The zero-order valence-corrected chi connectivity index (χ0v) is 22.4. The molecule has 0 saturated carbocycles. The Morgan fingerprint density at radius 2 is 1.80 bits per heavy atom. The largest absolute Gasteiger partial charge is 0.490 e. The summed E-state index contributed by atoms with van der Waals surface area (Å²) in [5.74, 6) is 0.545. The summed E-state index contributed by atoms with van der Waals surface area (Å²) in [6.07, 6.45) is 1.51. The number of hydrogen-bond donors (Lipinski definition) is 1. The maximum Gasteiger partial charge on any atom is 0.266 e. The number of halogens is 2. The summed E-state index contributed by atoms with van der Waals surface area (Å²) in [5, 5.41) is 12.9. The monoisotopic (exact) mass is 552 g/mol. The summed E-state index contributed by atoms with van der Waals surface area (Å²) >= 11 is 9.60. The van der Waals surface area contributed by atoms with Gasteiger partial charge in [0.15, 0.2) is 11.5 Å². The van der Waals surface area contributed by atoms with E-state index in [2.05, 4.69) is 53.3 Å². The first-order chi connectivity index (χ1) is 16.7. The molecular weight excluding hydrogens is 528 g/mol. The lowest BCUT2D eigenvalue weighted by molar-refractivity contribution is -0.112. The molecule has 0 saturated heterocycles. The van der Waals surface area contributed by atoms with Crippen molar-refractivity contribution in [2.75, 3.05) is 11.9 Å². The minimum Gasteiger partial charge on any atom is -0.490 e. The zero-order chi connectivity index (χ0) is 25.5. The van der Waals surface area contributed by atoms with E-state index in [9.17, 15) is 10.1 Å². The van der Waals surface area contributed by atoms with Gasteiger partial charge in [0.05, 0.1) is 11.1 Å². The number of carbonyl (C=O) groups is 1. The van der Waals surface area contributed by atoms with Crippen molar-refractivity contribution in [2.45, 2.75) is 34.3 Å². The predicted molar refractivity (Wildman–Crippen MR) is 144 cm³/mol. The molecule has 3 aromatic rings. The fraction of sp³-hybridized carbons (Fsp3) is 0.214. The van der Waals surface area contributed by atoms with Gasteiger partial charge in [-0.2, -0.15) is 5.26 Å². The highest BCUT2D eigenvalue weighted by Gasteiger charge is 2.15. The smallest absolute Gasteiger partial charge is 0.266 e. The standard InChI is InChI=1S/C28H26BrClN2O3/c1-5-34-26-13-20(11-22(15-31)28(33)32-25-14-23(30)7-6-19(25)4)12-24(29)27(26)35-16-21-9-17(2)8-18(3)10-21/h6-14H,5,16H2,1-4H3,(H,32,33)/b22-11+. The summed E-state index contributed by atoms with van der Waals surface area (Å²) in [6, 6.07) is 17.0. The van der Waals surface area contributed by atoms with Gasteiger partial charge in [-0.1, -0.05) is 47.0 Å². The molecule has 0 aliphatic carbocycles. The first-order valence-corrected chi connectivity index (χ1v) is 12.2. The molecule has 0 aliphatic heterocycles. The summed E-state index contributed by atoms with van der Waals surface area (Å²) in [4.78, 5) is 12.8. The molecule has 3 aromatic carbocycles. The molecule has 0 atom stereocenters. The van der Waals surface area contributed by atoms with Crippen molar-refractivity contribution in [3.05, 3.63) is 91.4 Å². The molecule has 0 aromatic heterocycles. The number of carbonyl (C=O) groups excluding carboxylic acids is 1. The van der Waals surface area contributed by atoms with Crippen molar-refractivity contribution in [1.29, 1.82) is 5.26 Å². The van der Waals surface area contributed by atoms with E-state index in [0.29, 0.717) is 45.5 Å². The molecule has 7 heteroatoms. The van der Waals surface area contributed by atoms with Gasteiger partial charge in [0.25, 0.3) is 5.91 Å². The predicted octanol–water partition coefficient (Wildman–Crippen LogP) is 7.55. The molecular formula is C28H26BrClN2O3. The fourth-order valence-electron chi connectivity index (χ4n) is 3.62. The highest BCUT2D eigenvalue weighted by atomic mass is 79.9. The van der Waals surface area contributed by atoms with Crippen LogP contribution in [0.5, 0.6) is 11.5 Å². The number of amides is 1. The zero-order valence-electron chi connectivity index (χ0n) is 20.0. The van der Waals surface area contributed by atoms with Gasteiger partial charge in [-0.3, -0.25) is 4.79 Å². The lowest BCUT2D eigenvalue weighted by Gasteiger charge is -2.15. The van der Waals surface area contributed by atoms with Crippen LogP contribution in [0, 0.1) is 32.1 Å². The van der Waals surface area contributed by atoms with Crippen LogP contribution < -0.4 is 14.8 Å². The lowest BCUT2D eigenvalue weighted by atomic mass is 10.1. The van der Waals surface area contributed by atoms with E-state index in [1.165, 1.54) is 17.2 Å². The van der Waals surface area contributed by atoms with Crippen molar-refractivity contribution in [2.24, 2.45) is 0 Å². The van der Waals surface area contributed by atoms with Gasteiger partial charge >= 0.3 is 0 Å². The molecule has 3 rings (SSSR count). The number of ether oxygens (including phenoxy) is 2. The number of nitrogens with one attached hydrogen (secondary N) is 1. The lowest BCUT2D eigenvalue weighted by Crippen LogP contribution is -2.14. The summed E-state index contributed by atoms with van der Waals surface area (Å²) in [6.45, 7) is 8.64. The highest BCUT2D eigenvalue weighted by Crippen LogP contribution is 2.38. The van der Waals surface area contributed by atoms with Crippen LogP contribution in [0.15, 0.2) is 58.6 Å². The maximum atomic E-state index is 12.8. The topological polar surface area (TPSA) is 71.3 Å². The van der Waals surface area contributed by atoms with Crippen LogP contribution in [0.1, 0.15) is 34.7 Å². The molecule has 0 radical (unpaired) electrons. The molecule has 0 spiro atoms. The Bertz CT molecular complexity index is 1310.